The molecule has 0 aliphatic carbocycles. The molecule has 0 spiro atoms. The van der Waals surface area contributed by atoms with Crippen molar-refractivity contribution in [2.45, 2.75) is 0 Å². The maximum atomic E-state index is 11.8. The number of carbonyl (C=O) groups excluding carboxylic acids is 1. The Morgan fingerprint density at radius 2 is 2.12 bits per heavy atom. The minimum Gasteiger partial charge on any atom is -0.378 e. The molecule has 3 nitrogen and oxygen atoms in total. The third-order valence-corrected chi connectivity index (χ3v) is 3.08. The number of nitrogens with zero attached hydrogens (tertiary/aromatic N) is 1. The maximum Gasteiger partial charge on any atom is 0.246 e. The van der Waals surface area contributed by atoms with Gasteiger partial charge in [0.2, 0.25) is 5.91 Å². The molecule has 0 atom stereocenters. The smallest absolute Gasteiger partial charge is 0.246 e. The number of benzene rings is 1. The van der Waals surface area contributed by atoms with E-state index in [1.807, 2.05) is 30.3 Å². The number of hydrogen-bond donors (Lipinski definition) is 0. The van der Waals surface area contributed by atoms with Gasteiger partial charge >= 0.3 is 0 Å². The first kappa shape index (κ1) is 12.3. The highest BCUT2D eigenvalue weighted by molar-refractivity contribution is 9.10. The quantitative estimate of drug-likeness (QED) is 0.784. The minimum atomic E-state index is 0.0493. The molecular formula is C13H14BrNO2. The third kappa shape index (κ3) is 3.68. The highest BCUT2D eigenvalue weighted by atomic mass is 79.9. The minimum absolute atomic E-state index is 0.0493. The molecule has 0 unspecified atom stereocenters. The summed E-state index contributed by atoms with van der Waals surface area (Å²) in [6.07, 6.45) is 3.45. The average Bonchev–Trinajstić information content (AvgIpc) is 2.37. The molecule has 90 valence electrons. The monoisotopic (exact) mass is 295 g/mol. The van der Waals surface area contributed by atoms with E-state index in [1.54, 1.807) is 11.0 Å². The summed E-state index contributed by atoms with van der Waals surface area (Å²) in [4.78, 5) is 13.6. The normalized spacial score (nSPS) is 16.4. The molecule has 1 heterocycles. The van der Waals surface area contributed by atoms with Gasteiger partial charge in [-0.1, -0.05) is 28.1 Å². The highest BCUT2D eigenvalue weighted by Crippen LogP contribution is 2.13. The van der Waals surface area contributed by atoms with E-state index >= 15 is 0 Å². The Balaban J connectivity index is 1.97. The van der Waals surface area contributed by atoms with E-state index < -0.39 is 0 Å². The van der Waals surface area contributed by atoms with Gasteiger partial charge in [0.05, 0.1) is 13.2 Å². The molecule has 1 aromatic rings. The second kappa shape index (κ2) is 5.98. The summed E-state index contributed by atoms with van der Waals surface area (Å²) in [6.45, 7) is 2.64. The Kier molecular flexibility index (Phi) is 4.34. The number of halogens is 1. The zero-order valence-electron chi connectivity index (χ0n) is 9.43. The van der Waals surface area contributed by atoms with Gasteiger partial charge in [0, 0.05) is 23.6 Å². The van der Waals surface area contributed by atoms with Gasteiger partial charge in [-0.15, -0.1) is 0 Å². The summed E-state index contributed by atoms with van der Waals surface area (Å²) in [5, 5.41) is 0. The van der Waals surface area contributed by atoms with Crippen LogP contribution in [0.2, 0.25) is 0 Å². The van der Waals surface area contributed by atoms with Crippen molar-refractivity contribution in [1.82, 2.24) is 4.90 Å². The van der Waals surface area contributed by atoms with Gasteiger partial charge < -0.3 is 9.64 Å². The lowest BCUT2D eigenvalue weighted by molar-refractivity contribution is -0.129. The van der Waals surface area contributed by atoms with Crippen molar-refractivity contribution in [2.24, 2.45) is 0 Å². The zero-order valence-corrected chi connectivity index (χ0v) is 11.0. The van der Waals surface area contributed by atoms with Gasteiger partial charge in [0.1, 0.15) is 0 Å². The molecule has 0 aromatic heterocycles. The summed E-state index contributed by atoms with van der Waals surface area (Å²) in [5.74, 6) is 0.0493. The van der Waals surface area contributed by atoms with Crippen LogP contribution >= 0.6 is 15.9 Å². The molecule has 4 heteroatoms. The average molecular weight is 296 g/mol. The second-order valence-electron chi connectivity index (χ2n) is 3.83. The third-order valence-electron chi connectivity index (χ3n) is 2.59. The van der Waals surface area contributed by atoms with E-state index in [2.05, 4.69) is 15.9 Å². The lowest BCUT2D eigenvalue weighted by Crippen LogP contribution is -2.39. The molecule has 1 fully saturated rings. The molecule has 1 aliphatic rings. The van der Waals surface area contributed by atoms with Crippen LogP contribution in [0.5, 0.6) is 0 Å². The molecule has 0 bridgehead atoms. The molecule has 1 amide bonds. The van der Waals surface area contributed by atoms with Gasteiger partial charge in [-0.3, -0.25) is 4.79 Å². The topological polar surface area (TPSA) is 29.5 Å². The molecule has 0 saturated carbocycles. The molecule has 0 radical (unpaired) electrons. The zero-order chi connectivity index (χ0) is 12.1. The first-order valence-electron chi connectivity index (χ1n) is 5.56. The predicted octanol–water partition coefficient (Wildman–Crippen LogP) is 2.32. The molecule has 0 N–H and O–H groups in total. The predicted molar refractivity (Wildman–Crippen MR) is 70.6 cm³/mol. The number of ether oxygens (including phenoxy) is 1. The van der Waals surface area contributed by atoms with Gasteiger partial charge in [-0.2, -0.15) is 0 Å². The Morgan fingerprint density at radius 3 is 2.82 bits per heavy atom. The second-order valence-corrected chi connectivity index (χ2v) is 4.74. The molecular weight excluding hydrogens is 282 g/mol. The van der Waals surface area contributed by atoms with E-state index in [0.29, 0.717) is 26.3 Å². The van der Waals surface area contributed by atoms with Crippen LogP contribution in [0.25, 0.3) is 6.08 Å². The van der Waals surface area contributed by atoms with Crippen molar-refractivity contribution in [3.05, 3.63) is 40.4 Å². The highest BCUT2D eigenvalue weighted by Gasteiger charge is 2.13. The summed E-state index contributed by atoms with van der Waals surface area (Å²) < 4.78 is 6.22. The van der Waals surface area contributed by atoms with E-state index in [1.165, 1.54) is 0 Å². The van der Waals surface area contributed by atoms with Crippen LogP contribution in [0.3, 0.4) is 0 Å². The van der Waals surface area contributed by atoms with Crippen molar-refractivity contribution in [3.63, 3.8) is 0 Å². The summed E-state index contributed by atoms with van der Waals surface area (Å²) in [7, 11) is 0. The molecule has 1 aliphatic heterocycles. The number of carbonyl (C=O) groups is 1. The van der Waals surface area contributed by atoms with Gasteiger partial charge in [-0.05, 0) is 23.8 Å². The van der Waals surface area contributed by atoms with E-state index in [4.69, 9.17) is 4.74 Å². The van der Waals surface area contributed by atoms with Crippen LogP contribution < -0.4 is 0 Å². The number of hydrogen-bond acceptors (Lipinski definition) is 2. The van der Waals surface area contributed by atoms with Gasteiger partial charge in [-0.25, -0.2) is 0 Å². The van der Waals surface area contributed by atoms with Crippen LogP contribution in [0.4, 0.5) is 0 Å². The van der Waals surface area contributed by atoms with E-state index in [0.717, 1.165) is 10.0 Å². The summed E-state index contributed by atoms with van der Waals surface area (Å²) in [5.41, 5.74) is 1.01. The van der Waals surface area contributed by atoms with Gasteiger partial charge in [0.25, 0.3) is 0 Å². The van der Waals surface area contributed by atoms with Gasteiger partial charge in [0.15, 0.2) is 0 Å². The van der Waals surface area contributed by atoms with Crippen molar-refractivity contribution in [2.75, 3.05) is 26.3 Å². The summed E-state index contributed by atoms with van der Waals surface area (Å²) in [6, 6.07) is 7.85. The van der Waals surface area contributed by atoms with Crippen molar-refractivity contribution < 1.29 is 9.53 Å². The van der Waals surface area contributed by atoms with E-state index in [9.17, 15) is 4.79 Å². The SMILES string of the molecule is O=C(/C=C/c1cccc(Br)c1)N1CCOCC1. The fourth-order valence-corrected chi connectivity index (χ4v) is 2.08. The van der Waals surface area contributed by atoms with Crippen molar-refractivity contribution in [3.8, 4) is 0 Å². The van der Waals surface area contributed by atoms with Crippen molar-refractivity contribution >= 4 is 27.9 Å². The Bertz CT molecular complexity index is 425. The maximum absolute atomic E-state index is 11.8. The Labute approximate surface area is 109 Å². The summed E-state index contributed by atoms with van der Waals surface area (Å²) >= 11 is 3.40. The fraction of sp³-hybridized carbons (Fsp3) is 0.308. The lowest BCUT2D eigenvalue weighted by atomic mass is 10.2. The fourth-order valence-electron chi connectivity index (χ4n) is 1.67. The van der Waals surface area contributed by atoms with Crippen LogP contribution in [-0.4, -0.2) is 37.1 Å². The lowest BCUT2D eigenvalue weighted by Gasteiger charge is -2.25. The number of morpholine rings is 1. The standard InChI is InChI=1S/C13H14BrNO2/c14-12-3-1-2-11(10-12)4-5-13(16)15-6-8-17-9-7-15/h1-5,10H,6-9H2/b5-4+. The molecule has 1 saturated heterocycles. The molecule has 2 rings (SSSR count). The van der Waals surface area contributed by atoms with Crippen LogP contribution in [0, 0.1) is 0 Å². The van der Waals surface area contributed by atoms with E-state index in [-0.39, 0.29) is 5.91 Å². The molecule has 17 heavy (non-hydrogen) atoms. The molecule has 1 aromatic carbocycles. The number of amides is 1. The van der Waals surface area contributed by atoms with Crippen LogP contribution in [0.15, 0.2) is 34.8 Å². The first-order valence-corrected chi connectivity index (χ1v) is 6.35. The first-order chi connectivity index (χ1) is 8.25. The van der Waals surface area contributed by atoms with Crippen molar-refractivity contribution in [1.29, 1.82) is 0 Å². The van der Waals surface area contributed by atoms with Crippen LogP contribution in [0.1, 0.15) is 5.56 Å². The largest absolute Gasteiger partial charge is 0.378 e. The Morgan fingerprint density at radius 1 is 1.35 bits per heavy atom. The van der Waals surface area contributed by atoms with Crippen LogP contribution in [-0.2, 0) is 9.53 Å². The Hall–Kier alpha value is -1.13. The number of rotatable bonds is 2.